The van der Waals surface area contributed by atoms with Gasteiger partial charge in [-0.25, -0.2) is 0 Å². The first-order chi connectivity index (χ1) is 9.60. The number of hydrogen-bond acceptors (Lipinski definition) is 3. The van der Waals surface area contributed by atoms with Crippen molar-refractivity contribution >= 4 is 23.2 Å². The summed E-state index contributed by atoms with van der Waals surface area (Å²) in [6.45, 7) is 6.27. The Balaban J connectivity index is 1.83. The molecule has 1 aliphatic rings. The zero-order valence-corrected chi connectivity index (χ0v) is 12.6. The van der Waals surface area contributed by atoms with Crippen LogP contribution in [0.5, 0.6) is 0 Å². The number of rotatable bonds is 4. The first kappa shape index (κ1) is 15.1. The second-order valence-corrected chi connectivity index (χ2v) is 5.76. The highest BCUT2D eigenvalue weighted by Gasteiger charge is 2.19. The smallest absolute Gasteiger partial charge is 0.253 e. The van der Waals surface area contributed by atoms with Crippen LogP contribution in [0.15, 0.2) is 18.2 Å². The van der Waals surface area contributed by atoms with Gasteiger partial charge in [0.05, 0.1) is 5.56 Å². The number of anilines is 1. The van der Waals surface area contributed by atoms with E-state index < -0.39 is 0 Å². The Hall–Kier alpha value is -1.26. The molecule has 0 saturated carbocycles. The summed E-state index contributed by atoms with van der Waals surface area (Å²) in [5.74, 6) is 0.451. The van der Waals surface area contributed by atoms with E-state index in [0.29, 0.717) is 22.2 Å². The van der Waals surface area contributed by atoms with Crippen LogP contribution in [0.4, 0.5) is 5.69 Å². The minimum absolute atomic E-state index is 0.114. The van der Waals surface area contributed by atoms with Crippen molar-refractivity contribution in [1.29, 1.82) is 0 Å². The fraction of sp³-hybridized carbons (Fsp3) is 0.533. The molecule has 0 unspecified atom stereocenters. The van der Waals surface area contributed by atoms with Gasteiger partial charge in [0.2, 0.25) is 0 Å². The number of piperidine rings is 1. The van der Waals surface area contributed by atoms with Gasteiger partial charge in [-0.3, -0.25) is 4.79 Å². The average molecular weight is 296 g/mol. The molecule has 0 bridgehead atoms. The van der Waals surface area contributed by atoms with Gasteiger partial charge in [-0.1, -0.05) is 18.5 Å². The maximum atomic E-state index is 12.1. The summed E-state index contributed by atoms with van der Waals surface area (Å²) in [5, 5.41) is 3.53. The summed E-state index contributed by atoms with van der Waals surface area (Å²) in [6, 6.07) is 4.97. The minimum atomic E-state index is -0.114. The molecular formula is C15H22ClN3O. The molecular weight excluding hydrogens is 274 g/mol. The first-order valence-corrected chi connectivity index (χ1v) is 7.53. The van der Waals surface area contributed by atoms with Crippen LogP contribution < -0.4 is 11.1 Å². The molecule has 1 heterocycles. The second-order valence-electron chi connectivity index (χ2n) is 5.32. The van der Waals surface area contributed by atoms with Gasteiger partial charge < -0.3 is 16.0 Å². The Kier molecular flexibility index (Phi) is 5.26. The number of carbonyl (C=O) groups excluding carboxylic acids is 1. The topological polar surface area (TPSA) is 58.4 Å². The zero-order valence-electron chi connectivity index (χ0n) is 11.9. The molecule has 0 spiro atoms. The number of halogens is 1. The third-order valence-corrected chi connectivity index (χ3v) is 4.20. The van der Waals surface area contributed by atoms with Crippen LogP contribution in [-0.2, 0) is 0 Å². The van der Waals surface area contributed by atoms with Gasteiger partial charge in [0.25, 0.3) is 5.91 Å². The van der Waals surface area contributed by atoms with E-state index in [4.69, 9.17) is 17.3 Å². The Morgan fingerprint density at radius 1 is 1.45 bits per heavy atom. The molecule has 1 aliphatic heterocycles. The molecule has 5 heteroatoms. The van der Waals surface area contributed by atoms with Crippen LogP contribution in [-0.4, -0.2) is 37.0 Å². The van der Waals surface area contributed by atoms with Crippen molar-refractivity contribution in [3.8, 4) is 0 Å². The van der Waals surface area contributed by atoms with Gasteiger partial charge in [0.1, 0.15) is 0 Å². The molecule has 1 fully saturated rings. The standard InChI is InChI=1S/C15H22ClN3O/c1-2-19-7-5-11(6-8-19)10-18-15(20)13-4-3-12(16)9-14(13)17/h3-4,9,11H,2,5-8,10,17H2,1H3,(H,18,20). The van der Waals surface area contributed by atoms with E-state index in [9.17, 15) is 4.79 Å². The highest BCUT2D eigenvalue weighted by molar-refractivity contribution is 6.31. The molecule has 110 valence electrons. The summed E-state index contributed by atoms with van der Waals surface area (Å²) >= 11 is 5.83. The molecule has 0 atom stereocenters. The van der Waals surface area contributed by atoms with Crippen molar-refractivity contribution in [2.24, 2.45) is 5.92 Å². The number of nitrogen functional groups attached to an aromatic ring is 1. The largest absolute Gasteiger partial charge is 0.398 e. The number of nitrogens with zero attached hydrogens (tertiary/aromatic N) is 1. The maximum absolute atomic E-state index is 12.1. The van der Waals surface area contributed by atoms with Crippen LogP contribution >= 0.6 is 11.6 Å². The van der Waals surface area contributed by atoms with Crippen molar-refractivity contribution < 1.29 is 4.79 Å². The van der Waals surface area contributed by atoms with E-state index in [-0.39, 0.29) is 5.91 Å². The summed E-state index contributed by atoms with van der Waals surface area (Å²) < 4.78 is 0. The number of likely N-dealkylation sites (tertiary alicyclic amines) is 1. The minimum Gasteiger partial charge on any atom is -0.398 e. The Bertz CT molecular complexity index is 470. The molecule has 20 heavy (non-hydrogen) atoms. The summed E-state index contributed by atoms with van der Waals surface area (Å²) in [7, 11) is 0. The van der Waals surface area contributed by atoms with Gasteiger partial charge in [0, 0.05) is 17.3 Å². The Morgan fingerprint density at radius 2 is 2.15 bits per heavy atom. The number of benzene rings is 1. The number of hydrogen-bond donors (Lipinski definition) is 2. The molecule has 4 nitrogen and oxygen atoms in total. The SMILES string of the molecule is CCN1CCC(CNC(=O)c2ccc(Cl)cc2N)CC1. The van der Waals surface area contributed by atoms with Crippen molar-refractivity contribution in [2.75, 3.05) is 31.9 Å². The zero-order chi connectivity index (χ0) is 14.5. The molecule has 1 amide bonds. The van der Waals surface area contributed by atoms with Gasteiger partial charge >= 0.3 is 0 Å². The summed E-state index contributed by atoms with van der Waals surface area (Å²) in [6.07, 6.45) is 2.29. The van der Waals surface area contributed by atoms with E-state index in [2.05, 4.69) is 17.1 Å². The van der Waals surface area contributed by atoms with Crippen molar-refractivity contribution in [3.63, 3.8) is 0 Å². The number of amides is 1. The number of nitrogens with one attached hydrogen (secondary N) is 1. The van der Waals surface area contributed by atoms with Crippen LogP contribution in [0, 0.1) is 5.92 Å². The fourth-order valence-electron chi connectivity index (χ4n) is 2.58. The van der Waals surface area contributed by atoms with Crippen molar-refractivity contribution in [3.05, 3.63) is 28.8 Å². The third-order valence-electron chi connectivity index (χ3n) is 3.96. The molecule has 3 N–H and O–H groups in total. The highest BCUT2D eigenvalue weighted by Crippen LogP contribution is 2.19. The molecule has 1 aromatic carbocycles. The van der Waals surface area contributed by atoms with E-state index in [1.165, 1.54) is 0 Å². The van der Waals surface area contributed by atoms with Gasteiger partial charge in [0.15, 0.2) is 0 Å². The maximum Gasteiger partial charge on any atom is 0.253 e. The van der Waals surface area contributed by atoms with E-state index in [0.717, 1.165) is 39.0 Å². The molecule has 0 aliphatic carbocycles. The van der Waals surface area contributed by atoms with Crippen molar-refractivity contribution in [2.45, 2.75) is 19.8 Å². The molecule has 1 saturated heterocycles. The predicted molar refractivity (Wildman–Crippen MR) is 83.0 cm³/mol. The molecule has 0 radical (unpaired) electrons. The van der Waals surface area contributed by atoms with Gasteiger partial charge in [-0.05, 0) is 56.6 Å². The second kappa shape index (κ2) is 6.95. The highest BCUT2D eigenvalue weighted by atomic mass is 35.5. The van der Waals surface area contributed by atoms with E-state index in [1.54, 1.807) is 18.2 Å². The lowest BCUT2D eigenvalue weighted by Gasteiger charge is -2.31. The molecule has 0 aromatic heterocycles. The summed E-state index contributed by atoms with van der Waals surface area (Å²) in [4.78, 5) is 14.5. The van der Waals surface area contributed by atoms with Crippen LogP contribution in [0.1, 0.15) is 30.1 Å². The quantitative estimate of drug-likeness (QED) is 0.839. The lowest BCUT2D eigenvalue weighted by Crippen LogP contribution is -2.38. The average Bonchev–Trinajstić information content (AvgIpc) is 2.45. The third kappa shape index (κ3) is 3.87. The van der Waals surface area contributed by atoms with Gasteiger partial charge in [-0.15, -0.1) is 0 Å². The summed E-state index contributed by atoms with van der Waals surface area (Å²) in [5.41, 5.74) is 6.74. The van der Waals surface area contributed by atoms with Crippen LogP contribution in [0.2, 0.25) is 5.02 Å². The normalized spacial score (nSPS) is 17.1. The number of nitrogens with two attached hydrogens (primary N) is 1. The van der Waals surface area contributed by atoms with E-state index in [1.807, 2.05) is 0 Å². The lowest BCUT2D eigenvalue weighted by molar-refractivity contribution is 0.0938. The number of carbonyl (C=O) groups is 1. The first-order valence-electron chi connectivity index (χ1n) is 7.15. The fourth-order valence-corrected chi connectivity index (χ4v) is 2.76. The van der Waals surface area contributed by atoms with Crippen LogP contribution in [0.25, 0.3) is 0 Å². The van der Waals surface area contributed by atoms with Crippen LogP contribution in [0.3, 0.4) is 0 Å². The molecule has 1 aromatic rings. The predicted octanol–water partition coefficient (Wildman–Crippen LogP) is 2.38. The monoisotopic (exact) mass is 295 g/mol. The lowest BCUT2D eigenvalue weighted by atomic mass is 9.96. The van der Waals surface area contributed by atoms with E-state index >= 15 is 0 Å². The Morgan fingerprint density at radius 3 is 2.75 bits per heavy atom. The Labute approximate surface area is 125 Å². The van der Waals surface area contributed by atoms with Crippen molar-refractivity contribution in [1.82, 2.24) is 10.2 Å². The van der Waals surface area contributed by atoms with Gasteiger partial charge in [-0.2, -0.15) is 0 Å². The molecule has 2 rings (SSSR count).